The molecule has 6 heteroatoms. The minimum atomic E-state index is -0.263. The van der Waals surface area contributed by atoms with Crippen molar-refractivity contribution in [1.29, 1.82) is 0 Å². The van der Waals surface area contributed by atoms with Crippen LogP contribution in [0.1, 0.15) is 4.88 Å². The molecule has 0 radical (unpaired) electrons. The second-order valence-corrected chi connectivity index (χ2v) is 6.23. The van der Waals surface area contributed by atoms with Crippen LogP contribution in [0.3, 0.4) is 0 Å². The average Bonchev–Trinajstić information content (AvgIpc) is 2.89. The summed E-state index contributed by atoms with van der Waals surface area (Å²) in [5.74, 6) is 1.30. The lowest BCUT2D eigenvalue weighted by molar-refractivity contribution is 0.325. The van der Waals surface area contributed by atoms with Crippen LogP contribution < -0.4 is 9.64 Å². The van der Waals surface area contributed by atoms with Gasteiger partial charge in [-0.25, -0.2) is 14.4 Å². The SMILES string of the molecule is Cc1cc2c(N(C)CCOc3ccc(F)cc3)ncnc2s1. The van der Waals surface area contributed by atoms with E-state index in [1.807, 2.05) is 11.9 Å². The Labute approximate surface area is 132 Å². The third-order valence-electron chi connectivity index (χ3n) is 3.30. The number of likely N-dealkylation sites (N-methyl/N-ethyl adjacent to an activating group) is 1. The standard InChI is InChI=1S/C16H16FN3OS/c1-11-9-14-15(18-10-19-16(14)22-11)20(2)7-8-21-13-5-3-12(17)4-6-13/h3-6,9-10H,7-8H2,1-2H3. The van der Waals surface area contributed by atoms with Crippen LogP contribution in [0.5, 0.6) is 5.75 Å². The van der Waals surface area contributed by atoms with Gasteiger partial charge in [0.2, 0.25) is 0 Å². The molecule has 0 saturated heterocycles. The lowest BCUT2D eigenvalue weighted by Crippen LogP contribution is -2.24. The Morgan fingerprint density at radius 1 is 1.23 bits per heavy atom. The highest BCUT2D eigenvalue weighted by Gasteiger charge is 2.10. The third kappa shape index (κ3) is 3.17. The molecule has 0 aliphatic heterocycles. The maximum Gasteiger partial charge on any atom is 0.140 e. The van der Waals surface area contributed by atoms with Gasteiger partial charge in [0.25, 0.3) is 0 Å². The normalized spacial score (nSPS) is 10.9. The van der Waals surface area contributed by atoms with Crippen molar-refractivity contribution in [2.45, 2.75) is 6.92 Å². The third-order valence-corrected chi connectivity index (χ3v) is 4.26. The molecule has 22 heavy (non-hydrogen) atoms. The van der Waals surface area contributed by atoms with E-state index in [2.05, 4.69) is 23.0 Å². The highest BCUT2D eigenvalue weighted by molar-refractivity contribution is 7.18. The molecule has 114 valence electrons. The predicted molar refractivity (Wildman–Crippen MR) is 87.3 cm³/mol. The number of aryl methyl sites for hydroxylation is 1. The number of ether oxygens (including phenoxy) is 1. The second kappa shape index (κ2) is 6.27. The number of thiophene rings is 1. The molecule has 0 fully saturated rings. The van der Waals surface area contributed by atoms with Crippen molar-refractivity contribution in [3.8, 4) is 5.75 Å². The van der Waals surface area contributed by atoms with Crippen LogP contribution in [0.15, 0.2) is 36.7 Å². The molecule has 0 amide bonds. The minimum absolute atomic E-state index is 0.263. The van der Waals surface area contributed by atoms with E-state index in [-0.39, 0.29) is 5.82 Å². The molecule has 0 unspecified atom stereocenters. The number of rotatable bonds is 5. The lowest BCUT2D eigenvalue weighted by atomic mass is 10.3. The maximum absolute atomic E-state index is 12.8. The van der Waals surface area contributed by atoms with Crippen LogP contribution in [-0.2, 0) is 0 Å². The Morgan fingerprint density at radius 3 is 2.77 bits per heavy atom. The summed E-state index contributed by atoms with van der Waals surface area (Å²) in [6, 6.07) is 8.13. The van der Waals surface area contributed by atoms with Gasteiger partial charge in [0.05, 0.1) is 11.9 Å². The van der Waals surface area contributed by atoms with Crippen LogP contribution in [0, 0.1) is 12.7 Å². The Bertz CT molecular complexity index is 773. The number of fused-ring (bicyclic) bond motifs is 1. The second-order valence-electron chi connectivity index (χ2n) is 5.00. The fourth-order valence-corrected chi connectivity index (χ4v) is 3.05. The van der Waals surface area contributed by atoms with Crippen molar-refractivity contribution in [3.05, 3.63) is 47.4 Å². The first kappa shape index (κ1) is 14.7. The molecule has 0 spiro atoms. The van der Waals surface area contributed by atoms with Crippen molar-refractivity contribution in [2.24, 2.45) is 0 Å². The maximum atomic E-state index is 12.8. The van der Waals surface area contributed by atoms with Gasteiger partial charge < -0.3 is 9.64 Å². The Kier molecular flexibility index (Phi) is 4.20. The number of hydrogen-bond acceptors (Lipinski definition) is 5. The molecular formula is C16H16FN3OS. The largest absolute Gasteiger partial charge is 0.492 e. The van der Waals surface area contributed by atoms with Crippen molar-refractivity contribution in [3.63, 3.8) is 0 Å². The number of hydrogen-bond donors (Lipinski definition) is 0. The summed E-state index contributed by atoms with van der Waals surface area (Å²) in [4.78, 5) is 12.9. The van der Waals surface area contributed by atoms with E-state index in [9.17, 15) is 4.39 Å². The summed E-state index contributed by atoms with van der Waals surface area (Å²) in [5.41, 5.74) is 0. The monoisotopic (exact) mass is 317 g/mol. The molecule has 3 aromatic rings. The highest BCUT2D eigenvalue weighted by Crippen LogP contribution is 2.29. The van der Waals surface area contributed by atoms with E-state index in [0.717, 1.165) is 16.0 Å². The van der Waals surface area contributed by atoms with E-state index >= 15 is 0 Å². The fraction of sp³-hybridized carbons (Fsp3) is 0.250. The molecule has 0 atom stereocenters. The molecule has 1 aromatic carbocycles. The van der Waals surface area contributed by atoms with Crippen LogP contribution in [0.4, 0.5) is 10.2 Å². The summed E-state index contributed by atoms with van der Waals surface area (Å²) in [7, 11) is 1.97. The molecule has 0 saturated carbocycles. The van der Waals surface area contributed by atoms with Crippen LogP contribution >= 0.6 is 11.3 Å². The minimum Gasteiger partial charge on any atom is -0.492 e. The summed E-state index contributed by atoms with van der Waals surface area (Å²) in [6.07, 6.45) is 1.59. The van der Waals surface area contributed by atoms with Gasteiger partial charge in [0.1, 0.15) is 35.1 Å². The van der Waals surface area contributed by atoms with E-state index < -0.39 is 0 Å². The summed E-state index contributed by atoms with van der Waals surface area (Å²) in [6.45, 7) is 3.24. The lowest BCUT2D eigenvalue weighted by Gasteiger charge is -2.18. The van der Waals surface area contributed by atoms with Crippen molar-refractivity contribution >= 4 is 27.4 Å². The van der Waals surface area contributed by atoms with Gasteiger partial charge in [0, 0.05) is 11.9 Å². The number of aromatic nitrogens is 2. The molecule has 0 aliphatic rings. The van der Waals surface area contributed by atoms with Crippen LogP contribution in [0.25, 0.3) is 10.2 Å². The van der Waals surface area contributed by atoms with E-state index in [1.165, 1.54) is 17.0 Å². The van der Waals surface area contributed by atoms with Crippen LogP contribution in [0.2, 0.25) is 0 Å². The molecule has 0 aliphatic carbocycles. The molecule has 4 nitrogen and oxygen atoms in total. The molecular weight excluding hydrogens is 301 g/mol. The van der Waals surface area contributed by atoms with E-state index in [0.29, 0.717) is 18.9 Å². The van der Waals surface area contributed by atoms with Gasteiger partial charge in [-0.15, -0.1) is 11.3 Å². The van der Waals surface area contributed by atoms with E-state index in [4.69, 9.17) is 4.74 Å². The van der Waals surface area contributed by atoms with Gasteiger partial charge in [0.15, 0.2) is 0 Å². The fourth-order valence-electron chi connectivity index (χ4n) is 2.20. The summed E-state index contributed by atoms with van der Waals surface area (Å²) in [5, 5.41) is 1.06. The summed E-state index contributed by atoms with van der Waals surface area (Å²) >= 11 is 1.66. The molecule has 0 N–H and O–H groups in total. The number of benzene rings is 1. The van der Waals surface area contributed by atoms with Crippen molar-refractivity contribution in [2.75, 3.05) is 25.1 Å². The zero-order valence-electron chi connectivity index (χ0n) is 12.4. The Balaban J connectivity index is 1.66. The first-order chi connectivity index (χ1) is 10.6. The van der Waals surface area contributed by atoms with Gasteiger partial charge in [-0.1, -0.05) is 0 Å². The molecule has 2 aromatic heterocycles. The molecule has 2 heterocycles. The topological polar surface area (TPSA) is 38.2 Å². The van der Waals surface area contributed by atoms with Crippen molar-refractivity contribution in [1.82, 2.24) is 9.97 Å². The Morgan fingerprint density at radius 2 is 2.00 bits per heavy atom. The number of anilines is 1. The quantitative estimate of drug-likeness (QED) is 0.720. The van der Waals surface area contributed by atoms with Gasteiger partial charge in [-0.3, -0.25) is 0 Å². The van der Waals surface area contributed by atoms with Gasteiger partial charge in [-0.2, -0.15) is 0 Å². The predicted octanol–water partition coefficient (Wildman–Crippen LogP) is 3.65. The van der Waals surface area contributed by atoms with Gasteiger partial charge in [-0.05, 0) is 37.3 Å². The average molecular weight is 317 g/mol. The highest BCUT2D eigenvalue weighted by atomic mass is 32.1. The smallest absolute Gasteiger partial charge is 0.140 e. The Hall–Kier alpha value is -2.21. The number of nitrogens with zero attached hydrogens (tertiary/aromatic N) is 3. The first-order valence-corrected chi connectivity index (χ1v) is 7.76. The zero-order chi connectivity index (χ0) is 15.5. The molecule has 0 bridgehead atoms. The number of halogens is 1. The zero-order valence-corrected chi connectivity index (χ0v) is 13.2. The van der Waals surface area contributed by atoms with E-state index in [1.54, 1.807) is 29.8 Å². The van der Waals surface area contributed by atoms with Crippen molar-refractivity contribution < 1.29 is 9.13 Å². The summed E-state index contributed by atoms with van der Waals surface area (Å²) < 4.78 is 18.5. The molecule has 3 rings (SSSR count). The first-order valence-electron chi connectivity index (χ1n) is 6.94. The van der Waals surface area contributed by atoms with Gasteiger partial charge >= 0.3 is 0 Å². The van der Waals surface area contributed by atoms with Crippen LogP contribution in [-0.4, -0.2) is 30.2 Å².